The number of halogens is 1. The summed E-state index contributed by atoms with van der Waals surface area (Å²) in [5, 5.41) is 3.33. The summed E-state index contributed by atoms with van der Waals surface area (Å²) in [6, 6.07) is 9.27. The van der Waals surface area contributed by atoms with Crippen LogP contribution in [-0.2, 0) is 0 Å². The van der Waals surface area contributed by atoms with Gasteiger partial charge in [0.1, 0.15) is 5.82 Å². The molecule has 1 heterocycles. The highest BCUT2D eigenvalue weighted by Gasteiger charge is 2.10. The van der Waals surface area contributed by atoms with Crippen LogP contribution < -0.4 is 5.32 Å². The first-order valence-electron chi connectivity index (χ1n) is 6.57. The van der Waals surface area contributed by atoms with E-state index in [2.05, 4.69) is 24.1 Å². The summed E-state index contributed by atoms with van der Waals surface area (Å²) in [5.74, 6) is -0.210. The smallest absolute Gasteiger partial charge is 0.131 e. The van der Waals surface area contributed by atoms with Crippen molar-refractivity contribution < 1.29 is 4.39 Å². The third kappa shape index (κ3) is 3.18. The Morgan fingerprint density at radius 3 is 2.68 bits per heavy atom. The van der Waals surface area contributed by atoms with Crippen molar-refractivity contribution in [2.24, 2.45) is 0 Å². The summed E-state index contributed by atoms with van der Waals surface area (Å²) in [6.07, 6.45) is 1.72. The van der Waals surface area contributed by atoms with Crippen molar-refractivity contribution in [3.63, 3.8) is 0 Å². The first-order chi connectivity index (χ1) is 9.11. The second-order valence-electron chi connectivity index (χ2n) is 4.71. The van der Waals surface area contributed by atoms with Gasteiger partial charge >= 0.3 is 0 Å². The zero-order valence-corrected chi connectivity index (χ0v) is 11.6. The predicted molar refractivity (Wildman–Crippen MR) is 76.5 cm³/mol. The molecule has 0 aliphatic heterocycles. The molecule has 0 saturated carbocycles. The van der Waals surface area contributed by atoms with Gasteiger partial charge in [-0.1, -0.05) is 19.1 Å². The normalized spacial score (nSPS) is 12.4. The SMILES string of the molecule is CCNC(C)c1ccc(F)c(-c2ccc(C)nc2)c1. The lowest BCUT2D eigenvalue weighted by Crippen LogP contribution is -2.17. The largest absolute Gasteiger partial charge is 0.310 e. The van der Waals surface area contributed by atoms with Gasteiger partial charge in [-0.15, -0.1) is 0 Å². The van der Waals surface area contributed by atoms with Crippen molar-refractivity contribution in [3.05, 3.63) is 53.6 Å². The molecule has 0 saturated heterocycles. The number of hydrogen-bond donors (Lipinski definition) is 1. The zero-order valence-electron chi connectivity index (χ0n) is 11.6. The average molecular weight is 258 g/mol. The van der Waals surface area contributed by atoms with E-state index in [1.165, 1.54) is 6.07 Å². The van der Waals surface area contributed by atoms with Gasteiger partial charge in [0.2, 0.25) is 0 Å². The van der Waals surface area contributed by atoms with Crippen molar-refractivity contribution in [1.82, 2.24) is 10.3 Å². The van der Waals surface area contributed by atoms with Crippen molar-refractivity contribution in [3.8, 4) is 11.1 Å². The number of rotatable bonds is 4. The highest BCUT2D eigenvalue weighted by Crippen LogP contribution is 2.26. The molecule has 1 atom stereocenters. The lowest BCUT2D eigenvalue weighted by atomic mass is 10.0. The van der Waals surface area contributed by atoms with E-state index in [9.17, 15) is 4.39 Å². The molecule has 0 radical (unpaired) electrons. The van der Waals surface area contributed by atoms with Crippen LogP contribution in [-0.4, -0.2) is 11.5 Å². The zero-order chi connectivity index (χ0) is 13.8. The van der Waals surface area contributed by atoms with Gasteiger partial charge in [0.15, 0.2) is 0 Å². The van der Waals surface area contributed by atoms with Crippen molar-refractivity contribution >= 4 is 0 Å². The van der Waals surface area contributed by atoms with Crippen molar-refractivity contribution in [2.75, 3.05) is 6.54 Å². The van der Waals surface area contributed by atoms with E-state index in [1.807, 2.05) is 31.2 Å². The fourth-order valence-electron chi connectivity index (χ4n) is 2.08. The Balaban J connectivity index is 2.39. The van der Waals surface area contributed by atoms with Crippen LogP contribution in [0.5, 0.6) is 0 Å². The summed E-state index contributed by atoms with van der Waals surface area (Å²) < 4.78 is 14.0. The molecule has 100 valence electrons. The minimum absolute atomic E-state index is 0.210. The Labute approximate surface area is 113 Å². The lowest BCUT2D eigenvalue weighted by molar-refractivity contribution is 0.593. The molecule has 3 heteroatoms. The Morgan fingerprint density at radius 2 is 2.05 bits per heavy atom. The summed E-state index contributed by atoms with van der Waals surface area (Å²) in [7, 11) is 0. The second-order valence-corrected chi connectivity index (χ2v) is 4.71. The van der Waals surface area contributed by atoms with Gasteiger partial charge in [0.25, 0.3) is 0 Å². The van der Waals surface area contributed by atoms with E-state index in [-0.39, 0.29) is 11.9 Å². The van der Waals surface area contributed by atoms with Crippen LogP contribution in [0.15, 0.2) is 36.5 Å². The average Bonchev–Trinajstić information content (AvgIpc) is 2.41. The topological polar surface area (TPSA) is 24.9 Å². The quantitative estimate of drug-likeness (QED) is 0.900. The van der Waals surface area contributed by atoms with Gasteiger partial charge in [-0.2, -0.15) is 0 Å². The maximum absolute atomic E-state index is 14.0. The van der Waals surface area contributed by atoms with Gasteiger partial charge in [0, 0.05) is 29.1 Å². The van der Waals surface area contributed by atoms with Gasteiger partial charge in [-0.3, -0.25) is 4.98 Å². The Morgan fingerprint density at radius 1 is 1.26 bits per heavy atom. The molecule has 1 aromatic carbocycles. The summed E-state index contributed by atoms with van der Waals surface area (Å²) in [4.78, 5) is 4.23. The molecule has 2 aromatic rings. The Hall–Kier alpha value is -1.74. The van der Waals surface area contributed by atoms with Crippen molar-refractivity contribution in [2.45, 2.75) is 26.8 Å². The van der Waals surface area contributed by atoms with Crippen LogP contribution in [0, 0.1) is 12.7 Å². The molecule has 0 bridgehead atoms. The molecule has 19 heavy (non-hydrogen) atoms. The summed E-state index contributed by atoms with van der Waals surface area (Å²) >= 11 is 0. The molecule has 0 amide bonds. The van der Waals surface area contributed by atoms with Crippen LogP contribution in [0.4, 0.5) is 4.39 Å². The van der Waals surface area contributed by atoms with Crippen molar-refractivity contribution in [1.29, 1.82) is 0 Å². The van der Waals surface area contributed by atoms with E-state index < -0.39 is 0 Å². The van der Waals surface area contributed by atoms with Crippen LogP contribution >= 0.6 is 0 Å². The third-order valence-electron chi connectivity index (χ3n) is 3.22. The Kier molecular flexibility index (Phi) is 4.27. The molecule has 0 fully saturated rings. The molecule has 1 N–H and O–H groups in total. The molecule has 2 rings (SSSR count). The summed E-state index contributed by atoms with van der Waals surface area (Å²) in [5.41, 5.74) is 3.43. The monoisotopic (exact) mass is 258 g/mol. The van der Waals surface area contributed by atoms with Gasteiger partial charge in [-0.05, 0) is 44.2 Å². The number of pyridine rings is 1. The Bertz CT molecular complexity index is 549. The van der Waals surface area contributed by atoms with Crippen LogP contribution in [0.2, 0.25) is 0 Å². The summed E-state index contributed by atoms with van der Waals surface area (Å²) in [6.45, 7) is 6.95. The number of benzene rings is 1. The number of nitrogens with one attached hydrogen (secondary N) is 1. The second kappa shape index (κ2) is 5.93. The van der Waals surface area contributed by atoms with Crippen LogP contribution in [0.25, 0.3) is 11.1 Å². The molecule has 0 spiro atoms. The minimum atomic E-state index is -0.210. The third-order valence-corrected chi connectivity index (χ3v) is 3.22. The van der Waals surface area contributed by atoms with E-state index in [0.29, 0.717) is 5.56 Å². The van der Waals surface area contributed by atoms with E-state index in [1.54, 1.807) is 6.20 Å². The van der Waals surface area contributed by atoms with Gasteiger partial charge in [0.05, 0.1) is 0 Å². The highest BCUT2D eigenvalue weighted by molar-refractivity contribution is 5.64. The molecule has 1 aromatic heterocycles. The first kappa shape index (κ1) is 13.7. The fraction of sp³-hybridized carbons (Fsp3) is 0.312. The molecule has 0 aliphatic carbocycles. The minimum Gasteiger partial charge on any atom is -0.310 e. The maximum atomic E-state index is 14.0. The fourth-order valence-corrected chi connectivity index (χ4v) is 2.08. The standard InChI is InChI=1S/C16H19FN2/c1-4-18-12(3)13-7-8-16(17)15(9-13)14-6-5-11(2)19-10-14/h5-10,12,18H,4H2,1-3H3. The van der Waals surface area contributed by atoms with Gasteiger partial charge in [-0.25, -0.2) is 4.39 Å². The maximum Gasteiger partial charge on any atom is 0.131 e. The molecule has 2 nitrogen and oxygen atoms in total. The number of hydrogen-bond acceptors (Lipinski definition) is 2. The van der Waals surface area contributed by atoms with Gasteiger partial charge < -0.3 is 5.32 Å². The number of nitrogens with zero attached hydrogens (tertiary/aromatic N) is 1. The van der Waals surface area contributed by atoms with E-state index in [4.69, 9.17) is 0 Å². The van der Waals surface area contributed by atoms with Crippen LogP contribution in [0.1, 0.15) is 31.1 Å². The van der Waals surface area contributed by atoms with E-state index >= 15 is 0 Å². The molecule has 1 unspecified atom stereocenters. The van der Waals surface area contributed by atoms with Crippen LogP contribution in [0.3, 0.4) is 0 Å². The molecule has 0 aliphatic rings. The van der Waals surface area contributed by atoms with E-state index in [0.717, 1.165) is 23.4 Å². The first-order valence-corrected chi connectivity index (χ1v) is 6.57. The number of aromatic nitrogens is 1. The molecular weight excluding hydrogens is 239 g/mol. The lowest BCUT2D eigenvalue weighted by Gasteiger charge is -2.14. The predicted octanol–water partition coefficient (Wildman–Crippen LogP) is 3.87. The highest BCUT2D eigenvalue weighted by atomic mass is 19.1. The molecular formula is C16H19FN2. The number of aryl methyl sites for hydroxylation is 1.